The summed E-state index contributed by atoms with van der Waals surface area (Å²) in [5, 5.41) is 2.05. The summed E-state index contributed by atoms with van der Waals surface area (Å²) in [6.07, 6.45) is 1.94. The highest BCUT2D eigenvalue weighted by Gasteiger charge is 2.27. The van der Waals surface area contributed by atoms with E-state index in [0.717, 1.165) is 36.5 Å². The largest absolute Gasteiger partial charge is 0.344 e. The first-order chi connectivity index (χ1) is 12.0. The highest BCUT2D eigenvalue weighted by Crippen LogP contribution is 2.38. The molecule has 4 heteroatoms. The Hall–Kier alpha value is -1.84. The van der Waals surface area contributed by atoms with Gasteiger partial charge in [-0.25, -0.2) is 4.39 Å². The van der Waals surface area contributed by atoms with Crippen LogP contribution in [0.15, 0.2) is 42.5 Å². The molecular weight excluding hydrogens is 335 g/mol. The van der Waals surface area contributed by atoms with Gasteiger partial charge in [0.25, 0.3) is 0 Å². The van der Waals surface area contributed by atoms with Gasteiger partial charge in [0.2, 0.25) is 0 Å². The fourth-order valence-electron chi connectivity index (χ4n) is 3.99. The molecule has 2 aromatic carbocycles. The van der Waals surface area contributed by atoms with Gasteiger partial charge >= 0.3 is 0 Å². The summed E-state index contributed by atoms with van der Waals surface area (Å²) in [6, 6.07) is 13.4. The fraction of sp³-hybridized carbons (Fsp3) is 0.333. The summed E-state index contributed by atoms with van der Waals surface area (Å²) in [7, 11) is 2.18. The van der Waals surface area contributed by atoms with Crippen LogP contribution in [0.1, 0.15) is 29.8 Å². The molecule has 1 aromatic heterocycles. The van der Waals surface area contributed by atoms with Crippen molar-refractivity contribution >= 4 is 22.5 Å². The maximum Gasteiger partial charge on any atom is 0.123 e. The summed E-state index contributed by atoms with van der Waals surface area (Å²) in [4.78, 5) is 2.40. The molecule has 1 aliphatic heterocycles. The first-order valence-corrected chi connectivity index (χ1v) is 9.17. The van der Waals surface area contributed by atoms with Crippen molar-refractivity contribution in [1.82, 2.24) is 9.47 Å². The van der Waals surface area contributed by atoms with Gasteiger partial charge in [0.1, 0.15) is 5.82 Å². The standard InChI is InChI=1S/C21H22ClFN2/c1-14-21-18-13-16(22)5-8-19(18)25(20(21)10-11-24(14)2)12-9-15-3-6-17(23)7-4-15/h3-8,13-14H,9-12H2,1-2H3. The highest BCUT2D eigenvalue weighted by molar-refractivity contribution is 6.31. The monoisotopic (exact) mass is 356 g/mol. The van der Waals surface area contributed by atoms with Gasteiger partial charge in [0, 0.05) is 47.2 Å². The smallest absolute Gasteiger partial charge is 0.123 e. The Morgan fingerprint density at radius 1 is 1.16 bits per heavy atom. The molecule has 0 bridgehead atoms. The van der Waals surface area contributed by atoms with Crippen molar-refractivity contribution < 1.29 is 4.39 Å². The van der Waals surface area contributed by atoms with Crippen LogP contribution in [-0.4, -0.2) is 23.1 Å². The number of hydrogen-bond donors (Lipinski definition) is 0. The zero-order valence-corrected chi connectivity index (χ0v) is 15.4. The molecule has 25 heavy (non-hydrogen) atoms. The van der Waals surface area contributed by atoms with E-state index >= 15 is 0 Å². The maximum atomic E-state index is 13.1. The summed E-state index contributed by atoms with van der Waals surface area (Å²) in [6.45, 7) is 4.23. The van der Waals surface area contributed by atoms with Crippen LogP contribution in [0.5, 0.6) is 0 Å². The van der Waals surface area contributed by atoms with Crippen molar-refractivity contribution in [3.05, 3.63) is 70.1 Å². The molecule has 1 unspecified atom stereocenters. The average Bonchev–Trinajstić information content (AvgIpc) is 2.91. The second-order valence-corrected chi connectivity index (χ2v) is 7.39. The van der Waals surface area contributed by atoms with Crippen molar-refractivity contribution in [1.29, 1.82) is 0 Å². The van der Waals surface area contributed by atoms with Crippen molar-refractivity contribution in [2.45, 2.75) is 32.4 Å². The quantitative estimate of drug-likeness (QED) is 0.624. The number of benzene rings is 2. The Balaban J connectivity index is 1.76. The molecule has 0 fully saturated rings. The van der Waals surface area contributed by atoms with Crippen LogP contribution < -0.4 is 0 Å². The Labute approximate surface area is 152 Å². The van der Waals surface area contributed by atoms with Gasteiger partial charge in [-0.1, -0.05) is 23.7 Å². The third kappa shape index (κ3) is 2.96. The molecule has 2 heterocycles. The van der Waals surface area contributed by atoms with E-state index in [9.17, 15) is 4.39 Å². The van der Waals surface area contributed by atoms with Crippen molar-refractivity contribution in [3.8, 4) is 0 Å². The second kappa shape index (κ2) is 6.47. The van der Waals surface area contributed by atoms with E-state index in [4.69, 9.17) is 11.6 Å². The van der Waals surface area contributed by atoms with Crippen molar-refractivity contribution in [2.75, 3.05) is 13.6 Å². The Kier molecular flexibility index (Phi) is 4.30. The number of hydrogen-bond acceptors (Lipinski definition) is 1. The first-order valence-electron chi connectivity index (χ1n) is 8.80. The molecule has 0 spiro atoms. The molecule has 0 radical (unpaired) electrons. The number of fused-ring (bicyclic) bond motifs is 3. The van der Waals surface area contributed by atoms with E-state index in [1.165, 1.54) is 34.3 Å². The number of rotatable bonds is 3. The van der Waals surface area contributed by atoms with Gasteiger partial charge in [0.15, 0.2) is 0 Å². The summed E-state index contributed by atoms with van der Waals surface area (Å²) in [5.74, 6) is -0.181. The molecule has 0 amide bonds. The van der Waals surface area contributed by atoms with Crippen molar-refractivity contribution in [3.63, 3.8) is 0 Å². The molecule has 0 N–H and O–H groups in total. The summed E-state index contributed by atoms with van der Waals surface area (Å²) >= 11 is 6.28. The third-order valence-electron chi connectivity index (χ3n) is 5.49. The molecule has 1 atom stereocenters. The maximum absolute atomic E-state index is 13.1. The number of halogens is 2. The van der Waals surface area contributed by atoms with Gasteiger partial charge in [-0.2, -0.15) is 0 Å². The normalized spacial score (nSPS) is 17.8. The molecule has 0 saturated heterocycles. The molecule has 1 aliphatic rings. The van der Waals surface area contributed by atoms with E-state index in [1.807, 2.05) is 18.2 Å². The fourth-order valence-corrected chi connectivity index (χ4v) is 4.16. The molecule has 3 aromatic rings. The molecule has 0 aliphatic carbocycles. The van der Waals surface area contributed by atoms with Crippen LogP contribution >= 0.6 is 11.6 Å². The van der Waals surface area contributed by atoms with Gasteiger partial charge in [0.05, 0.1) is 0 Å². The summed E-state index contributed by atoms with van der Waals surface area (Å²) in [5.41, 5.74) is 5.24. The van der Waals surface area contributed by atoms with Gasteiger partial charge < -0.3 is 4.57 Å². The number of likely N-dealkylation sites (N-methyl/N-ethyl adjacent to an activating group) is 1. The van der Waals surface area contributed by atoms with Crippen LogP contribution in [-0.2, 0) is 19.4 Å². The van der Waals surface area contributed by atoms with E-state index in [-0.39, 0.29) is 5.82 Å². The van der Waals surface area contributed by atoms with E-state index in [0.29, 0.717) is 6.04 Å². The number of aryl methyl sites for hydroxylation is 2. The highest BCUT2D eigenvalue weighted by atomic mass is 35.5. The zero-order valence-electron chi connectivity index (χ0n) is 14.6. The number of nitrogens with zero attached hydrogens (tertiary/aromatic N) is 2. The predicted molar refractivity (Wildman–Crippen MR) is 102 cm³/mol. The average molecular weight is 357 g/mol. The van der Waals surface area contributed by atoms with Crippen molar-refractivity contribution in [2.24, 2.45) is 0 Å². The molecule has 130 valence electrons. The zero-order chi connectivity index (χ0) is 17.6. The summed E-state index contributed by atoms with van der Waals surface area (Å²) < 4.78 is 15.6. The van der Waals surface area contributed by atoms with Gasteiger partial charge in [-0.15, -0.1) is 0 Å². The molecule has 4 rings (SSSR count). The lowest BCUT2D eigenvalue weighted by molar-refractivity contribution is 0.245. The lowest BCUT2D eigenvalue weighted by Crippen LogP contribution is -2.31. The second-order valence-electron chi connectivity index (χ2n) is 6.96. The minimum absolute atomic E-state index is 0.181. The van der Waals surface area contributed by atoms with Gasteiger partial charge in [-0.05, 0) is 61.9 Å². The first kappa shape index (κ1) is 16.6. The van der Waals surface area contributed by atoms with Gasteiger partial charge in [-0.3, -0.25) is 4.90 Å². The Morgan fingerprint density at radius 3 is 2.68 bits per heavy atom. The van der Waals surface area contributed by atoms with Crippen LogP contribution in [0.25, 0.3) is 10.9 Å². The Bertz CT molecular complexity index is 914. The number of aromatic nitrogens is 1. The Morgan fingerprint density at radius 2 is 1.92 bits per heavy atom. The van der Waals surface area contributed by atoms with E-state index in [1.54, 1.807) is 0 Å². The molecule has 2 nitrogen and oxygen atoms in total. The predicted octanol–water partition coefficient (Wildman–Crippen LogP) is 5.23. The van der Waals surface area contributed by atoms with Crippen LogP contribution in [0, 0.1) is 5.82 Å². The van der Waals surface area contributed by atoms with Crippen LogP contribution in [0.3, 0.4) is 0 Å². The minimum Gasteiger partial charge on any atom is -0.344 e. The minimum atomic E-state index is -0.181. The molecular formula is C21H22ClFN2. The van der Waals surface area contributed by atoms with E-state index in [2.05, 4.69) is 35.6 Å². The van der Waals surface area contributed by atoms with E-state index < -0.39 is 0 Å². The SMILES string of the molecule is CC1c2c(n(CCc3ccc(F)cc3)c3ccc(Cl)cc23)CCN1C. The van der Waals surface area contributed by atoms with Crippen LogP contribution in [0.4, 0.5) is 4.39 Å². The topological polar surface area (TPSA) is 8.17 Å². The molecule has 0 saturated carbocycles. The van der Waals surface area contributed by atoms with Crippen LogP contribution in [0.2, 0.25) is 5.02 Å². The lowest BCUT2D eigenvalue weighted by atomic mass is 9.97. The third-order valence-corrected chi connectivity index (χ3v) is 5.73. The lowest BCUT2D eigenvalue weighted by Gasteiger charge is -2.31.